The lowest BCUT2D eigenvalue weighted by Crippen LogP contribution is -2.35. The van der Waals surface area contributed by atoms with Crippen LogP contribution in [0.15, 0.2) is 60.2 Å². The normalized spacial score (nSPS) is 15.5. The van der Waals surface area contributed by atoms with Crippen LogP contribution in [0.1, 0.15) is 12.5 Å². The van der Waals surface area contributed by atoms with E-state index in [0.717, 1.165) is 0 Å². The van der Waals surface area contributed by atoms with E-state index in [0.29, 0.717) is 16.9 Å². The van der Waals surface area contributed by atoms with Gasteiger partial charge in [0.05, 0.1) is 5.69 Å². The smallest absolute Gasteiger partial charge is 0.282 e. The van der Waals surface area contributed by atoms with Gasteiger partial charge in [0.2, 0.25) is 5.91 Å². The lowest BCUT2D eigenvalue weighted by molar-refractivity contribution is -0.117. The molecular formula is C18H15N3O3. The van der Waals surface area contributed by atoms with E-state index in [1.165, 1.54) is 18.0 Å². The quantitative estimate of drug-likeness (QED) is 0.671. The van der Waals surface area contributed by atoms with Crippen LogP contribution in [-0.4, -0.2) is 17.7 Å². The lowest BCUT2D eigenvalue weighted by atomic mass is 10.1. The van der Waals surface area contributed by atoms with Gasteiger partial charge in [-0.2, -0.15) is 0 Å². The van der Waals surface area contributed by atoms with E-state index >= 15 is 0 Å². The molecule has 2 aromatic carbocycles. The maximum absolute atomic E-state index is 12.5. The van der Waals surface area contributed by atoms with Gasteiger partial charge < -0.3 is 5.32 Å². The number of benzene rings is 2. The Balaban J connectivity index is 1.83. The number of hydrogen-bond acceptors (Lipinski definition) is 3. The molecule has 0 radical (unpaired) electrons. The minimum absolute atomic E-state index is 0.0612. The molecule has 1 heterocycles. The van der Waals surface area contributed by atoms with Crippen molar-refractivity contribution >= 4 is 35.2 Å². The number of para-hydroxylation sites is 1. The first-order valence-corrected chi connectivity index (χ1v) is 7.34. The Bertz CT molecular complexity index is 826. The highest BCUT2D eigenvalue weighted by Crippen LogP contribution is 2.21. The number of nitrogens with one attached hydrogen (secondary N) is 2. The van der Waals surface area contributed by atoms with Gasteiger partial charge in [0, 0.05) is 12.6 Å². The Morgan fingerprint density at radius 1 is 1.04 bits per heavy atom. The van der Waals surface area contributed by atoms with Gasteiger partial charge in [-0.15, -0.1) is 0 Å². The highest BCUT2D eigenvalue weighted by molar-refractivity contribution is 6.31. The zero-order valence-electron chi connectivity index (χ0n) is 12.9. The Morgan fingerprint density at radius 2 is 1.71 bits per heavy atom. The van der Waals surface area contributed by atoms with Crippen LogP contribution in [0.5, 0.6) is 0 Å². The van der Waals surface area contributed by atoms with Crippen molar-refractivity contribution < 1.29 is 14.4 Å². The summed E-state index contributed by atoms with van der Waals surface area (Å²) in [4.78, 5) is 35.5. The van der Waals surface area contributed by atoms with Gasteiger partial charge >= 0.3 is 0 Å². The van der Waals surface area contributed by atoms with E-state index in [1.54, 1.807) is 48.5 Å². The largest absolute Gasteiger partial charge is 0.326 e. The van der Waals surface area contributed by atoms with E-state index in [1.807, 2.05) is 6.07 Å². The average Bonchev–Trinajstić information content (AvgIpc) is 2.85. The molecule has 24 heavy (non-hydrogen) atoms. The van der Waals surface area contributed by atoms with E-state index in [2.05, 4.69) is 10.7 Å². The number of nitrogens with zero attached hydrogens (tertiary/aromatic N) is 1. The number of carbonyl (C=O) groups is 3. The number of amides is 3. The van der Waals surface area contributed by atoms with Crippen LogP contribution in [0.25, 0.3) is 6.08 Å². The fourth-order valence-electron chi connectivity index (χ4n) is 2.35. The molecule has 120 valence electrons. The van der Waals surface area contributed by atoms with Crippen LogP contribution < -0.4 is 15.8 Å². The molecule has 2 N–H and O–H groups in total. The molecule has 0 aliphatic carbocycles. The highest BCUT2D eigenvalue weighted by atomic mass is 16.2. The molecule has 3 rings (SSSR count). The monoisotopic (exact) mass is 321 g/mol. The van der Waals surface area contributed by atoms with Crippen LogP contribution in [0, 0.1) is 0 Å². The summed E-state index contributed by atoms with van der Waals surface area (Å²) in [5.74, 6) is -1.02. The molecule has 0 unspecified atom stereocenters. The predicted molar refractivity (Wildman–Crippen MR) is 90.8 cm³/mol. The topological polar surface area (TPSA) is 78.5 Å². The van der Waals surface area contributed by atoms with E-state index in [-0.39, 0.29) is 11.5 Å². The average molecular weight is 321 g/mol. The summed E-state index contributed by atoms with van der Waals surface area (Å²) < 4.78 is 0. The number of anilines is 2. The molecule has 1 aliphatic heterocycles. The molecule has 0 bridgehead atoms. The predicted octanol–water partition coefficient (Wildman–Crippen LogP) is 2.11. The number of carbonyl (C=O) groups excluding carboxylic acids is 3. The third kappa shape index (κ3) is 3.17. The number of rotatable bonds is 3. The van der Waals surface area contributed by atoms with Crippen molar-refractivity contribution in [3.63, 3.8) is 0 Å². The Morgan fingerprint density at radius 3 is 2.33 bits per heavy atom. The molecule has 1 aliphatic rings. The second-order valence-corrected chi connectivity index (χ2v) is 5.28. The fourth-order valence-corrected chi connectivity index (χ4v) is 2.35. The summed E-state index contributed by atoms with van der Waals surface area (Å²) in [7, 11) is 0. The molecule has 0 saturated carbocycles. The van der Waals surface area contributed by atoms with Gasteiger partial charge in [0.25, 0.3) is 11.8 Å². The van der Waals surface area contributed by atoms with E-state index in [4.69, 9.17) is 0 Å². The summed E-state index contributed by atoms with van der Waals surface area (Å²) in [6, 6.07) is 15.8. The van der Waals surface area contributed by atoms with Crippen molar-refractivity contribution in [3.8, 4) is 0 Å². The maximum Gasteiger partial charge on any atom is 0.282 e. The van der Waals surface area contributed by atoms with Gasteiger partial charge in [-0.1, -0.05) is 30.3 Å². The highest BCUT2D eigenvalue weighted by Gasteiger charge is 2.34. The molecule has 6 nitrogen and oxygen atoms in total. The number of hydrazine groups is 1. The molecule has 0 aromatic heterocycles. The first kappa shape index (κ1) is 15.5. The van der Waals surface area contributed by atoms with E-state index in [9.17, 15) is 14.4 Å². The van der Waals surface area contributed by atoms with Crippen molar-refractivity contribution in [1.82, 2.24) is 5.43 Å². The minimum Gasteiger partial charge on any atom is -0.326 e. The molecule has 6 heteroatoms. The van der Waals surface area contributed by atoms with Gasteiger partial charge in [0.15, 0.2) is 0 Å². The van der Waals surface area contributed by atoms with Gasteiger partial charge in [0.1, 0.15) is 5.57 Å². The third-order valence-corrected chi connectivity index (χ3v) is 3.45. The maximum atomic E-state index is 12.5. The summed E-state index contributed by atoms with van der Waals surface area (Å²) in [5, 5.41) is 3.88. The number of hydrogen-bond donors (Lipinski definition) is 2. The Labute approximate surface area is 138 Å². The fraction of sp³-hybridized carbons (Fsp3) is 0.0556. The molecule has 3 amide bonds. The van der Waals surface area contributed by atoms with Crippen molar-refractivity contribution in [3.05, 3.63) is 65.7 Å². The van der Waals surface area contributed by atoms with Gasteiger partial charge in [-0.3, -0.25) is 19.8 Å². The first-order valence-electron chi connectivity index (χ1n) is 7.34. The lowest BCUT2D eigenvalue weighted by Gasteiger charge is -2.13. The van der Waals surface area contributed by atoms with Crippen molar-refractivity contribution in [2.45, 2.75) is 6.92 Å². The zero-order valence-corrected chi connectivity index (χ0v) is 12.9. The third-order valence-electron chi connectivity index (χ3n) is 3.45. The standard InChI is InChI=1S/C18H15N3O3/c1-12(22)19-14-9-7-13(8-10-14)11-16-17(23)20-21(18(16)24)15-5-3-2-4-6-15/h2-11H,1H3,(H,19,22)(H,20,23). The Hall–Kier alpha value is -3.41. The van der Waals surface area contributed by atoms with Crippen LogP contribution in [-0.2, 0) is 14.4 Å². The van der Waals surface area contributed by atoms with Gasteiger partial charge in [-0.25, -0.2) is 5.01 Å². The van der Waals surface area contributed by atoms with Crippen molar-refractivity contribution in [2.24, 2.45) is 0 Å². The first-order chi connectivity index (χ1) is 11.5. The summed E-state index contributed by atoms with van der Waals surface area (Å²) in [5.41, 5.74) is 4.55. The Kier molecular flexibility index (Phi) is 4.11. The van der Waals surface area contributed by atoms with E-state index < -0.39 is 11.8 Å². The second kappa shape index (κ2) is 6.37. The minimum atomic E-state index is -0.449. The molecule has 1 fully saturated rings. The molecule has 2 aromatic rings. The summed E-state index contributed by atoms with van der Waals surface area (Å²) >= 11 is 0. The van der Waals surface area contributed by atoms with Crippen molar-refractivity contribution in [1.29, 1.82) is 0 Å². The van der Waals surface area contributed by atoms with Crippen LogP contribution in [0.2, 0.25) is 0 Å². The van der Waals surface area contributed by atoms with Gasteiger partial charge in [-0.05, 0) is 35.9 Å². The molecule has 1 saturated heterocycles. The summed E-state index contributed by atoms with van der Waals surface area (Å²) in [6.07, 6.45) is 1.53. The van der Waals surface area contributed by atoms with Crippen molar-refractivity contribution in [2.75, 3.05) is 10.3 Å². The molecular weight excluding hydrogens is 306 g/mol. The summed E-state index contributed by atoms with van der Waals surface area (Å²) in [6.45, 7) is 1.43. The SMILES string of the molecule is CC(=O)Nc1ccc(C=C2C(=O)NN(c3ccccc3)C2=O)cc1. The molecule has 0 spiro atoms. The van der Waals surface area contributed by atoms with Crippen LogP contribution >= 0.6 is 0 Å². The second-order valence-electron chi connectivity index (χ2n) is 5.28. The zero-order chi connectivity index (χ0) is 17.1. The molecule has 0 atom stereocenters. The van der Waals surface area contributed by atoms with Crippen LogP contribution in [0.4, 0.5) is 11.4 Å². The van der Waals surface area contributed by atoms with Crippen LogP contribution in [0.3, 0.4) is 0 Å².